The molecular formula is C28H26ClF5N4O3S. The van der Waals surface area contributed by atoms with E-state index < -0.39 is 51.3 Å². The normalized spacial score (nSPS) is 21.0. The molecule has 0 bridgehead atoms. The highest BCUT2D eigenvalue weighted by Crippen LogP contribution is 2.49. The lowest BCUT2D eigenvalue weighted by molar-refractivity contribution is -0.137. The lowest BCUT2D eigenvalue weighted by atomic mass is 9.95. The van der Waals surface area contributed by atoms with Gasteiger partial charge in [-0.05, 0) is 32.1 Å². The fourth-order valence-electron chi connectivity index (χ4n) is 5.76. The van der Waals surface area contributed by atoms with E-state index in [9.17, 15) is 27.2 Å². The number of alkyl halides is 3. The standard InChI is InChI=1S/C28H26ClF5N4O3S/c1-5-22(39)38-13(2)9-36(10-14(38)3)26-17-6-18(28(32,33)34)23(16-7-19(29)21(31)8-20(16)30)25-24(17)37(27(40)35-26)11-15(41-4)12-42-25/h5-8,13-15H,1,9-12H2,2-4H3. The summed E-state index contributed by atoms with van der Waals surface area (Å²) >= 11 is 6.89. The van der Waals surface area contributed by atoms with Crippen LogP contribution < -0.4 is 10.6 Å². The Balaban J connectivity index is 1.85. The van der Waals surface area contributed by atoms with Gasteiger partial charge in [0.1, 0.15) is 17.5 Å². The highest BCUT2D eigenvalue weighted by Gasteiger charge is 2.40. The zero-order valence-electron chi connectivity index (χ0n) is 22.8. The number of benzene rings is 2. The lowest BCUT2D eigenvalue weighted by Gasteiger charge is -2.44. The van der Waals surface area contributed by atoms with Crippen LogP contribution in [0.2, 0.25) is 5.02 Å². The molecule has 3 atom stereocenters. The number of amides is 1. The molecule has 1 amide bonds. The van der Waals surface area contributed by atoms with Gasteiger partial charge in [0, 0.05) is 65.5 Å². The molecule has 224 valence electrons. The van der Waals surface area contributed by atoms with E-state index >= 15 is 4.39 Å². The first-order chi connectivity index (χ1) is 19.8. The van der Waals surface area contributed by atoms with Crippen molar-refractivity contribution in [2.75, 3.05) is 30.9 Å². The topological polar surface area (TPSA) is 67.7 Å². The van der Waals surface area contributed by atoms with E-state index in [-0.39, 0.29) is 65.0 Å². The van der Waals surface area contributed by atoms with Crippen LogP contribution in [0.5, 0.6) is 0 Å². The van der Waals surface area contributed by atoms with E-state index in [1.165, 1.54) is 17.8 Å². The second-order valence-corrected chi connectivity index (χ2v) is 11.8. The zero-order chi connectivity index (χ0) is 30.7. The van der Waals surface area contributed by atoms with Gasteiger partial charge in [-0.25, -0.2) is 13.6 Å². The van der Waals surface area contributed by atoms with Gasteiger partial charge in [0.25, 0.3) is 0 Å². The molecule has 2 aromatic carbocycles. The molecule has 3 heterocycles. The Hall–Kier alpha value is -3.16. The highest BCUT2D eigenvalue weighted by atomic mass is 35.5. The van der Waals surface area contributed by atoms with Crippen molar-refractivity contribution < 1.29 is 31.5 Å². The number of nitrogens with zero attached hydrogens (tertiary/aromatic N) is 4. The predicted octanol–water partition coefficient (Wildman–Crippen LogP) is 5.75. The van der Waals surface area contributed by atoms with Crippen molar-refractivity contribution in [3.8, 4) is 11.1 Å². The average Bonchev–Trinajstić information content (AvgIpc) is 3.12. The van der Waals surface area contributed by atoms with Gasteiger partial charge in [-0.15, -0.1) is 11.8 Å². The summed E-state index contributed by atoms with van der Waals surface area (Å²) in [5.41, 5.74) is -2.89. The molecule has 2 aliphatic heterocycles. The molecule has 1 aromatic heterocycles. The SMILES string of the molecule is C=CC(=O)N1C(C)CN(c2nc(=O)n3c4c(c(-c5cc(Cl)c(F)cc5F)c(C(F)(F)F)cc24)SCC(OC)C3)CC1C. The maximum Gasteiger partial charge on any atom is 0.417 e. The van der Waals surface area contributed by atoms with E-state index in [1.807, 2.05) is 0 Å². The zero-order valence-corrected chi connectivity index (χ0v) is 24.3. The molecule has 7 nitrogen and oxygen atoms in total. The number of hydrogen-bond donors (Lipinski definition) is 0. The number of thioether (sulfide) groups is 1. The minimum atomic E-state index is -4.98. The molecule has 1 fully saturated rings. The number of ether oxygens (including phenoxy) is 1. The molecule has 0 spiro atoms. The number of aromatic nitrogens is 2. The van der Waals surface area contributed by atoms with Crippen molar-refractivity contribution in [1.82, 2.24) is 14.5 Å². The molecule has 0 N–H and O–H groups in total. The lowest BCUT2D eigenvalue weighted by Crippen LogP contribution is -2.58. The van der Waals surface area contributed by atoms with E-state index in [0.29, 0.717) is 6.07 Å². The van der Waals surface area contributed by atoms with Gasteiger partial charge < -0.3 is 14.5 Å². The quantitative estimate of drug-likeness (QED) is 0.208. The van der Waals surface area contributed by atoms with Crippen LogP contribution in [0, 0.1) is 11.6 Å². The minimum Gasteiger partial charge on any atom is -0.379 e. The summed E-state index contributed by atoms with van der Waals surface area (Å²) in [5.74, 6) is -2.49. The summed E-state index contributed by atoms with van der Waals surface area (Å²) in [4.78, 5) is 33.5. The summed E-state index contributed by atoms with van der Waals surface area (Å²) in [6.07, 6.45) is -4.36. The Labute approximate surface area is 246 Å². The van der Waals surface area contributed by atoms with Gasteiger partial charge >= 0.3 is 11.9 Å². The first-order valence-corrected chi connectivity index (χ1v) is 14.3. The maximum absolute atomic E-state index is 15.2. The van der Waals surface area contributed by atoms with Gasteiger partial charge in [-0.2, -0.15) is 18.2 Å². The smallest absolute Gasteiger partial charge is 0.379 e. The van der Waals surface area contributed by atoms with Crippen LogP contribution in [0.15, 0.2) is 40.5 Å². The molecule has 42 heavy (non-hydrogen) atoms. The largest absolute Gasteiger partial charge is 0.417 e. The number of hydrogen-bond acceptors (Lipinski definition) is 6. The van der Waals surface area contributed by atoms with Crippen molar-refractivity contribution in [3.05, 3.63) is 63.6 Å². The Kier molecular flexibility index (Phi) is 8.05. The first kappa shape index (κ1) is 30.3. The number of carbonyl (C=O) groups is 1. The van der Waals surface area contributed by atoms with Gasteiger partial charge in [0.15, 0.2) is 0 Å². The third-order valence-electron chi connectivity index (χ3n) is 7.56. The average molecular weight is 629 g/mol. The second kappa shape index (κ2) is 11.2. The Morgan fingerprint density at radius 1 is 1.14 bits per heavy atom. The Bertz CT molecular complexity index is 1650. The van der Waals surface area contributed by atoms with Gasteiger partial charge in [0.05, 0.1) is 28.8 Å². The Morgan fingerprint density at radius 2 is 1.81 bits per heavy atom. The van der Waals surface area contributed by atoms with Crippen molar-refractivity contribution in [2.24, 2.45) is 0 Å². The molecule has 14 heteroatoms. The van der Waals surface area contributed by atoms with Crippen LogP contribution in [-0.4, -0.2) is 64.5 Å². The molecule has 1 saturated heterocycles. The maximum atomic E-state index is 15.2. The molecule has 2 aliphatic rings. The fourth-order valence-corrected chi connectivity index (χ4v) is 7.24. The fraction of sp³-hybridized carbons (Fsp3) is 0.393. The Morgan fingerprint density at radius 3 is 2.40 bits per heavy atom. The number of anilines is 1. The molecule has 3 unspecified atom stereocenters. The minimum absolute atomic E-state index is 0.00893. The van der Waals surface area contributed by atoms with Crippen LogP contribution in [0.3, 0.4) is 0 Å². The van der Waals surface area contributed by atoms with Crippen molar-refractivity contribution >= 4 is 46.0 Å². The summed E-state index contributed by atoms with van der Waals surface area (Å²) < 4.78 is 80.3. The van der Waals surface area contributed by atoms with Gasteiger partial charge in [-0.3, -0.25) is 9.36 Å². The van der Waals surface area contributed by atoms with Crippen LogP contribution in [0.1, 0.15) is 19.4 Å². The van der Waals surface area contributed by atoms with E-state index in [4.69, 9.17) is 16.3 Å². The third kappa shape index (κ3) is 5.15. The van der Waals surface area contributed by atoms with Gasteiger partial charge in [0.2, 0.25) is 5.91 Å². The van der Waals surface area contributed by atoms with Crippen LogP contribution in [-0.2, 0) is 22.3 Å². The number of halogens is 6. The predicted molar refractivity (Wildman–Crippen MR) is 151 cm³/mol. The van der Waals surface area contributed by atoms with Crippen LogP contribution in [0.25, 0.3) is 22.0 Å². The molecule has 0 saturated carbocycles. The second-order valence-electron chi connectivity index (χ2n) is 10.3. The molecule has 3 aromatic rings. The van der Waals surface area contributed by atoms with E-state index in [1.54, 1.807) is 23.6 Å². The highest BCUT2D eigenvalue weighted by molar-refractivity contribution is 7.99. The monoisotopic (exact) mass is 628 g/mol. The van der Waals surface area contributed by atoms with Crippen molar-refractivity contribution in [2.45, 2.75) is 49.7 Å². The summed E-state index contributed by atoms with van der Waals surface area (Å²) in [7, 11) is 1.42. The van der Waals surface area contributed by atoms with Crippen molar-refractivity contribution in [1.29, 1.82) is 0 Å². The number of methoxy groups -OCH3 is 1. The van der Waals surface area contributed by atoms with E-state index in [0.717, 1.165) is 23.9 Å². The number of rotatable bonds is 4. The van der Waals surface area contributed by atoms with E-state index in [2.05, 4.69) is 11.6 Å². The summed E-state index contributed by atoms with van der Waals surface area (Å²) in [5, 5.41) is -0.524. The van der Waals surface area contributed by atoms with Crippen LogP contribution in [0.4, 0.5) is 27.8 Å². The molecule has 0 aliphatic carbocycles. The summed E-state index contributed by atoms with van der Waals surface area (Å²) in [6.45, 7) is 7.47. The molecule has 5 rings (SSSR count). The summed E-state index contributed by atoms with van der Waals surface area (Å²) in [6, 6.07) is 1.36. The number of piperazine rings is 1. The number of carbonyl (C=O) groups excluding carboxylic acids is 1. The third-order valence-corrected chi connectivity index (χ3v) is 9.08. The van der Waals surface area contributed by atoms with Gasteiger partial charge in [-0.1, -0.05) is 18.2 Å². The van der Waals surface area contributed by atoms with Crippen LogP contribution >= 0.6 is 23.4 Å². The van der Waals surface area contributed by atoms with Crippen molar-refractivity contribution in [3.63, 3.8) is 0 Å². The molecular weight excluding hydrogens is 603 g/mol. The molecule has 0 radical (unpaired) electrons. The first-order valence-electron chi connectivity index (χ1n) is 13.0.